The predicted octanol–water partition coefficient (Wildman–Crippen LogP) is 4.29. The number of hydrogen-bond acceptors (Lipinski definition) is 2. The molecule has 0 saturated carbocycles. The Hall–Kier alpha value is -2.08. The molecule has 2 aromatic heterocycles. The van der Waals surface area contributed by atoms with E-state index in [9.17, 15) is 13.2 Å². The zero-order chi connectivity index (χ0) is 14.3. The van der Waals surface area contributed by atoms with E-state index >= 15 is 0 Å². The number of rotatable bonds is 2. The largest absolute Gasteiger partial charge is 0.320 e. The molecule has 2 heterocycles. The zero-order valence-electron chi connectivity index (χ0n) is 9.89. The van der Waals surface area contributed by atoms with E-state index in [0.29, 0.717) is 16.8 Å². The van der Waals surface area contributed by atoms with Gasteiger partial charge in [0, 0.05) is 11.8 Å². The summed E-state index contributed by atoms with van der Waals surface area (Å²) in [4.78, 5) is 8.19. The van der Waals surface area contributed by atoms with Crippen LogP contribution in [0, 0.1) is 5.82 Å². The number of nitrogens with zero attached hydrogens (tertiary/aromatic N) is 3. The van der Waals surface area contributed by atoms with Gasteiger partial charge in [0.15, 0.2) is 5.65 Å². The second kappa shape index (κ2) is 4.79. The molecular formula is C13H7ClF3N3. The highest BCUT2D eigenvalue weighted by molar-refractivity contribution is 6.33. The number of halogens is 4. The van der Waals surface area contributed by atoms with Crippen molar-refractivity contribution in [3.63, 3.8) is 0 Å². The Morgan fingerprint density at radius 1 is 1.20 bits per heavy atom. The number of alkyl halides is 2. The van der Waals surface area contributed by atoms with Gasteiger partial charge < -0.3 is 0 Å². The van der Waals surface area contributed by atoms with E-state index in [4.69, 9.17) is 11.6 Å². The molecule has 3 aromatic rings. The Balaban J connectivity index is 2.14. The van der Waals surface area contributed by atoms with Crippen LogP contribution in [0.5, 0.6) is 0 Å². The first-order valence-corrected chi connectivity index (χ1v) is 6.01. The highest BCUT2D eigenvalue weighted by Crippen LogP contribution is 2.28. The fourth-order valence-electron chi connectivity index (χ4n) is 1.91. The molecule has 0 unspecified atom stereocenters. The lowest BCUT2D eigenvalue weighted by atomic mass is 10.1. The number of fused-ring (bicyclic) bond motifs is 1. The molecule has 0 spiro atoms. The molecule has 20 heavy (non-hydrogen) atoms. The fourth-order valence-corrected chi connectivity index (χ4v) is 2.18. The van der Waals surface area contributed by atoms with Crippen LogP contribution in [0.2, 0.25) is 5.02 Å². The second-order valence-corrected chi connectivity index (χ2v) is 4.50. The van der Waals surface area contributed by atoms with Crippen LogP contribution in [0.25, 0.3) is 22.4 Å². The monoisotopic (exact) mass is 297 g/mol. The van der Waals surface area contributed by atoms with Gasteiger partial charge in [-0.25, -0.2) is 14.4 Å². The quantitative estimate of drug-likeness (QED) is 0.706. The lowest BCUT2D eigenvalue weighted by Gasteiger charge is -2.05. The van der Waals surface area contributed by atoms with E-state index in [1.807, 2.05) is 0 Å². The van der Waals surface area contributed by atoms with Crippen molar-refractivity contribution in [3.8, 4) is 11.3 Å². The summed E-state index contributed by atoms with van der Waals surface area (Å²) in [5.74, 6) is -0.461. The van der Waals surface area contributed by atoms with E-state index in [0.717, 1.165) is 10.6 Å². The average molecular weight is 298 g/mol. The predicted molar refractivity (Wildman–Crippen MR) is 69.2 cm³/mol. The van der Waals surface area contributed by atoms with Crippen LogP contribution in [-0.4, -0.2) is 14.5 Å². The molecule has 0 bridgehead atoms. The van der Waals surface area contributed by atoms with Crippen LogP contribution >= 0.6 is 11.6 Å². The average Bonchev–Trinajstić information content (AvgIpc) is 2.81. The Morgan fingerprint density at radius 2 is 2.00 bits per heavy atom. The third-order valence-corrected chi connectivity index (χ3v) is 3.15. The normalized spacial score (nSPS) is 11.4. The molecule has 0 atom stereocenters. The maximum absolute atomic E-state index is 13.0. The summed E-state index contributed by atoms with van der Waals surface area (Å²) in [5.41, 5.74) is 1.30. The lowest BCUT2D eigenvalue weighted by Crippen LogP contribution is -1.98. The minimum atomic E-state index is -2.68. The summed E-state index contributed by atoms with van der Waals surface area (Å²) in [5, 5.41) is 0.187. The van der Waals surface area contributed by atoms with Gasteiger partial charge in [-0.1, -0.05) is 11.6 Å². The minimum absolute atomic E-state index is 0.0852. The van der Waals surface area contributed by atoms with Gasteiger partial charge in [-0.05, 0) is 24.3 Å². The van der Waals surface area contributed by atoms with Crippen LogP contribution in [0.3, 0.4) is 0 Å². The molecule has 0 radical (unpaired) electrons. The summed E-state index contributed by atoms with van der Waals surface area (Å²) in [6, 6.07) is 5.32. The summed E-state index contributed by atoms with van der Waals surface area (Å²) in [6.07, 6.45) is 2.55. The lowest BCUT2D eigenvalue weighted by molar-refractivity contribution is 0.0746. The van der Waals surface area contributed by atoms with Crippen molar-refractivity contribution in [2.24, 2.45) is 0 Å². The van der Waals surface area contributed by atoms with Gasteiger partial charge in [-0.15, -0.1) is 0 Å². The fraction of sp³-hybridized carbons (Fsp3) is 0.0769. The van der Waals surface area contributed by atoms with Gasteiger partial charge in [-0.3, -0.25) is 4.57 Å². The molecule has 0 aliphatic heterocycles. The van der Waals surface area contributed by atoms with Crippen molar-refractivity contribution in [1.82, 2.24) is 14.5 Å². The minimum Gasteiger partial charge on any atom is -0.274 e. The molecule has 0 N–H and O–H groups in total. The van der Waals surface area contributed by atoms with E-state index in [2.05, 4.69) is 9.97 Å². The first-order chi connectivity index (χ1) is 9.56. The Labute approximate surface area is 116 Å². The van der Waals surface area contributed by atoms with Gasteiger partial charge in [0.05, 0.1) is 16.9 Å². The number of hydrogen-bond donors (Lipinski definition) is 0. The second-order valence-electron chi connectivity index (χ2n) is 4.09. The van der Waals surface area contributed by atoms with Gasteiger partial charge in [0.2, 0.25) is 0 Å². The molecule has 0 aliphatic carbocycles. The van der Waals surface area contributed by atoms with Gasteiger partial charge in [0.1, 0.15) is 11.3 Å². The molecular weight excluding hydrogens is 291 g/mol. The summed E-state index contributed by atoms with van der Waals surface area (Å²) >= 11 is 5.94. The van der Waals surface area contributed by atoms with E-state index in [-0.39, 0.29) is 10.7 Å². The molecule has 1 aromatic carbocycles. The van der Waals surface area contributed by atoms with E-state index in [1.165, 1.54) is 30.6 Å². The summed E-state index contributed by atoms with van der Waals surface area (Å²) in [6.45, 7) is -2.68. The van der Waals surface area contributed by atoms with Crippen LogP contribution in [0.4, 0.5) is 13.2 Å². The van der Waals surface area contributed by atoms with Crippen molar-refractivity contribution >= 4 is 22.8 Å². The van der Waals surface area contributed by atoms with Gasteiger partial charge >= 0.3 is 6.55 Å². The topological polar surface area (TPSA) is 30.7 Å². The van der Waals surface area contributed by atoms with Crippen LogP contribution in [-0.2, 0) is 0 Å². The smallest absolute Gasteiger partial charge is 0.274 e. The Morgan fingerprint density at radius 3 is 2.70 bits per heavy atom. The SMILES string of the molecule is Fc1ccc(-c2cnc3c(ccn3C(F)F)n2)c(Cl)c1. The van der Waals surface area contributed by atoms with Crippen molar-refractivity contribution in [3.05, 3.63) is 47.5 Å². The first-order valence-electron chi connectivity index (χ1n) is 5.63. The van der Waals surface area contributed by atoms with Crippen molar-refractivity contribution in [2.75, 3.05) is 0 Å². The molecule has 0 saturated heterocycles. The Bertz CT molecular complexity index is 786. The van der Waals surface area contributed by atoms with Gasteiger partial charge in [-0.2, -0.15) is 8.78 Å². The third-order valence-electron chi connectivity index (χ3n) is 2.83. The van der Waals surface area contributed by atoms with Gasteiger partial charge in [0.25, 0.3) is 0 Å². The zero-order valence-corrected chi connectivity index (χ0v) is 10.7. The number of benzene rings is 1. The molecule has 7 heteroatoms. The molecule has 102 valence electrons. The van der Waals surface area contributed by atoms with Crippen molar-refractivity contribution in [2.45, 2.75) is 6.55 Å². The third kappa shape index (κ3) is 2.12. The summed E-state index contributed by atoms with van der Waals surface area (Å²) in [7, 11) is 0. The molecule has 3 rings (SSSR count). The van der Waals surface area contributed by atoms with Crippen LogP contribution in [0.1, 0.15) is 6.55 Å². The van der Waals surface area contributed by atoms with E-state index in [1.54, 1.807) is 0 Å². The van der Waals surface area contributed by atoms with Crippen molar-refractivity contribution < 1.29 is 13.2 Å². The van der Waals surface area contributed by atoms with E-state index < -0.39 is 12.4 Å². The highest BCUT2D eigenvalue weighted by atomic mass is 35.5. The standard InChI is InChI=1S/C13H7ClF3N3/c14-9-5-7(15)1-2-8(9)11-6-18-12-10(19-11)3-4-20(12)13(16)17/h1-6,13H. The van der Waals surface area contributed by atoms with Crippen molar-refractivity contribution in [1.29, 1.82) is 0 Å². The first kappa shape index (κ1) is 12.9. The molecule has 0 fully saturated rings. The van der Waals surface area contributed by atoms with Crippen LogP contribution in [0.15, 0.2) is 36.7 Å². The highest BCUT2D eigenvalue weighted by Gasteiger charge is 2.13. The maximum Gasteiger partial charge on any atom is 0.320 e. The Kier molecular flexibility index (Phi) is 3.10. The number of aromatic nitrogens is 3. The summed E-state index contributed by atoms with van der Waals surface area (Å²) < 4.78 is 39.1. The molecule has 0 amide bonds. The molecule has 3 nitrogen and oxygen atoms in total. The van der Waals surface area contributed by atoms with Crippen LogP contribution < -0.4 is 0 Å². The molecule has 0 aliphatic rings. The maximum atomic E-state index is 13.0.